The molecule has 116 valence electrons. The second-order valence-electron chi connectivity index (χ2n) is 7.89. The van der Waals surface area contributed by atoms with Crippen LogP contribution in [0.25, 0.3) is 0 Å². The third-order valence-electron chi connectivity index (χ3n) is 3.80. The van der Waals surface area contributed by atoms with Crippen LogP contribution < -0.4 is 5.32 Å². The third kappa shape index (κ3) is 11.5. The van der Waals surface area contributed by atoms with Crippen LogP contribution in [0.4, 0.5) is 0 Å². The zero-order valence-corrected chi connectivity index (χ0v) is 14.7. The fourth-order valence-corrected chi connectivity index (χ4v) is 3.32. The minimum atomic E-state index is 0.462. The fraction of sp³-hybridized carbons (Fsp3) is 1.00. The maximum Gasteiger partial charge on any atom is 0.00721 e. The van der Waals surface area contributed by atoms with Crippen LogP contribution in [0.5, 0.6) is 0 Å². The number of hydrogen-bond donors (Lipinski definition) is 1. The SMILES string of the molecule is CCCNC(CC(C)CCC)CC(C)CC(C)(C)C. The lowest BCUT2D eigenvalue weighted by molar-refractivity contribution is 0.258. The molecule has 0 heterocycles. The van der Waals surface area contributed by atoms with Crippen LogP contribution in [0.1, 0.15) is 87.0 Å². The highest BCUT2D eigenvalue weighted by atomic mass is 14.9. The number of hydrogen-bond acceptors (Lipinski definition) is 1. The minimum Gasteiger partial charge on any atom is -0.314 e. The molecular weight excluding hydrogens is 230 g/mol. The maximum atomic E-state index is 3.78. The van der Waals surface area contributed by atoms with Crippen LogP contribution in [0.3, 0.4) is 0 Å². The molecule has 0 spiro atoms. The van der Waals surface area contributed by atoms with Gasteiger partial charge in [-0.3, -0.25) is 0 Å². The van der Waals surface area contributed by atoms with E-state index >= 15 is 0 Å². The van der Waals surface area contributed by atoms with Gasteiger partial charge in [-0.25, -0.2) is 0 Å². The van der Waals surface area contributed by atoms with E-state index in [9.17, 15) is 0 Å². The van der Waals surface area contributed by atoms with E-state index in [-0.39, 0.29) is 0 Å². The zero-order chi connectivity index (χ0) is 14.9. The second-order valence-corrected chi connectivity index (χ2v) is 7.89. The summed E-state index contributed by atoms with van der Waals surface area (Å²) in [5.41, 5.74) is 0.462. The van der Waals surface area contributed by atoms with Gasteiger partial charge in [0, 0.05) is 6.04 Å². The van der Waals surface area contributed by atoms with Gasteiger partial charge in [0.2, 0.25) is 0 Å². The third-order valence-corrected chi connectivity index (χ3v) is 3.80. The molecule has 0 saturated heterocycles. The summed E-state index contributed by atoms with van der Waals surface area (Å²) in [5, 5.41) is 3.78. The summed E-state index contributed by atoms with van der Waals surface area (Å²) in [5.74, 6) is 1.68. The summed E-state index contributed by atoms with van der Waals surface area (Å²) in [6.45, 7) is 17.7. The second kappa shape index (κ2) is 9.80. The van der Waals surface area contributed by atoms with Crippen LogP contribution >= 0.6 is 0 Å². The van der Waals surface area contributed by atoms with Crippen molar-refractivity contribution in [1.29, 1.82) is 0 Å². The summed E-state index contributed by atoms with van der Waals surface area (Å²) >= 11 is 0. The van der Waals surface area contributed by atoms with E-state index in [2.05, 4.69) is 53.8 Å². The van der Waals surface area contributed by atoms with E-state index in [0.717, 1.165) is 17.9 Å². The Morgan fingerprint density at radius 1 is 0.895 bits per heavy atom. The molecule has 1 heteroatoms. The molecule has 0 rings (SSSR count). The van der Waals surface area contributed by atoms with Gasteiger partial charge in [0.15, 0.2) is 0 Å². The number of nitrogens with one attached hydrogen (secondary N) is 1. The van der Waals surface area contributed by atoms with Crippen molar-refractivity contribution in [2.24, 2.45) is 17.3 Å². The summed E-state index contributed by atoms with van der Waals surface area (Å²) in [4.78, 5) is 0. The van der Waals surface area contributed by atoms with Gasteiger partial charge >= 0.3 is 0 Å². The summed E-state index contributed by atoms with van der Waals surface area (Å²) in [6.07, 6.45) is 7.95. The van der Waals surface area contributed by atoms with Crippen LogP contribution in [-0.4, -0.2) is 12.6 Å². The van der Waals surface area contributed by atoms with Crippen molar-refractivity contribution >= 4 is 0 Å². The molecular formula is C18H39N. The monoisotopic (exact) mass is 269 g/mol. The Morgan fingerprint density at radius 2 is 1.47 bits per heavy atom. The fourth-order valence-electron chi connectivity index (χ4n) is 3.32. The lowest BCUT2D eigenvalue weighted by atomic mass is 9.81. The molecule has 0 radical (unpaired) electrons. The molecule has 0 aliphatic carbocycles. The van der Waals surface area contributed by atoms with E-state index < -0.39 is 0 Å². The predicted octanol–water partition coefficient (Wildman–Crippen LogP) is 5.64. The largest absolute Gasteiger partial charge is 0.314 e. The van der Waals surface area contributed by atoms with Crippen molar-refractivity contribution in [2.75, 3.05) is 6.54 Å². The first kappa shape index (κ1) is 19.0. The lowest BCUT2D eigenvalue weighted by Crippen LogP contribution is -2.33. The van der Waals surface area contributed by atoms with Crippen molar-refractivity contribution in [1.82, 2.24) is 5.32 Å². The maximum absolute atomic E-state index is 3.78. The van der Waals surface area contributed by atoms with Crippen LogP contribution in [-0.2, 0) is 0 Å². The highest BCUT2D eigenvalue weighted by Gasteiger charge is 2.20. The normalized spacial score (nSPS) is 17.2. The van der Waals surface area contributed by atoms with Crippen molar-refractivity contribution in [3.63, 3.8) is 0 Å². The molecule has 1 nitrogen and oxygen atoms in total. The average Bonchev–Trinajstić information content (AvgIpc) is 2.23. The Balaban J connectivity index is 4.24. The van der Waals surface area contributed by atoms with Gasteiger partial charge in [0.25, 0.3) is 0 Å². The molecule has 0 aliphatic heterocycles. The summed E-state index contributed by atoms with van der Waals surface area (Å²) < 4.78 is 0. The van der Waals surface area contributed by atoms with Crippen molar-refractivity contribution in [3.8, 4) is 0 Å². The van der Waals surface area contributed by atoms with Crippen LogP contribution in [0.15, 0.2) is 0 Å². The van der Waals surface area contributed by atoms with E-state index in [1.165, 1.54) is 45.1 Å². The quantitative estimate of drug-likeness (QED) is 0.541. The van der Waals surface area contributed by atoms with Crippen molar-refractivity contribution < 1.29 is 0 Å². The predicted molar refractivity (Wildman–Crippen MR) is 88.6 cm³/mol. The first-order valence-electron chi connectivity index (χ1n) is 8.51. The molecule has 1 N–H and O–H groups in total. The van der Waals surface area contributed by atoms with Gasteiger partial charge in [-0.1, -0.05) is 61.3 Å². The van der Waals surface area contributed by atoms with E-state index in [4.69, 9.17) is 0 Å². The molecule has 3 unspecified atom stereocenters. The molecule has 0 saturated carbocycles. The Morgan fingerprint density at radius 3 is 1.95 bits per heavy atom. The highest BCUT2D eigenvalue weighted by Crippen LogP contribution is 2.28. The van der Waals surface area contributed by atoms with Gasteiger partial charge in [-0.15, -0.1) is 0 Å². The standard InChI is InChI=1S/C18H39N/c1-8-10-15(3)12-17(19-11-9-2)13-16(4)14-18(5,6)7/h15-17,19H,8-14H2,1-7H3. The zero-order valence-electron chi connectivity index (χ0n) is 14.7. The molecule has 0 bridgehead atoms. The molecule has 3 atom stereocenters. The molecule has 19 heavy (non-hydrogen) atoms. The Labute approximate surface area is 122 Å². The molecule has 0 aliphatic rings. The minimum absolute atomic E-state index is 0.462. The van der Waals surface area contributed by atoms with Crippen molar-refractivity contribution in [3.05, 3.63) is 0 Å². The van der Waals surface area contributed by atoms with Gasteiger partial charge < -0.3 is 5.32 Å². The molecule has 0 fully saturated rings. The van der Waals surface area contributed by atoms with Gasteiger partial charge in [0.1, 0.15) is 0 Å². The first-order chi connectivity index (χ1) is 8.78. The average molecular weight is 270 g/mol. The van der Waals surface area contributed by atoms with E-state index in [0.29, 0.717) is 5.41 Å². The lowest BCUT2D eigenvalue weighted by Gasteiger charge is -2.28. The Hall–Kier alpha value is -0.0400. The number of rotatable bonds is 10. The molecule has 0 aromatic carbocycles. The van der Waals surface area contributed by atoms with E-state index in [1.807, 2.05) is 0 Å². The molecule has 0 amide bonds. The smallest absolute Gasteiger partial charge is 0.00721 e. The van der Waals surface area contributed by atoms with Gasteiger partial charge in [-0.05, 0) is 49.5 Å². The van der Waals surface area contributed by atoms with Crippen LogP contribution in [0, 0.1) is 17.3 Å². The Kier molecular flexibility index (Phi) is 9.78. The van der Waals surface area contributed by atoms with Gasteiger partial charge in [0.05, 0.1) is 0 Å². The van der Waals surface area contributed by atoms with Crippen molar-refractivity contribution in [2.45, 2.75) is 93.0 Å². The Bertz CT molecular complexity index is 204. The van der Waals surface area contributed by atoms with E-state index in [1.54, 1.807) is 0 Å². The molecule has 0 aromatic heterocycles. The topological polar surface area (TPSA) is 12.0 Å². The van der Waals surface area contributed by atoms with Crippen LogP contribution in [0.2, 0.25) is 0 Å². The highest BCUT2D eigenvalue weighted by molar-refractivity contribution is 4.75. The summed E-state index contributed by atoms with van der Waals surface area (Å²) in [6, 6.07) is 0.721. The van der Waals surface area contributed by atoms with Gasteiger partial charge in [-0.2, -0.15) is 0 Å². The molecule has 0 aromatic rings. The first-order valence-corrected chi connectivity index (χ1v) is 8.51. The summed E-state index contributed by atoms with van der Waals surface area (Å²) in [7, 11) is 0.